The van der Waals surface area contributed by atoms with Crippen molar-refractivity contribution in [3.8, 4) is 5.75 Å². The molecule has 0 spiro atoms. The van der Waals surface area contributed by atoms with Crippen LogP contribution in [-0.2, 0) is 0 Å². The SMILES string of the molecule is CCC(C)(C)C(=O)c1cc(C)c(OC)c(C)c1. The van der Waals surface area contributed by atoms with Gasteiger partial charge in [-0.2, -0.15) is 0 Å². The number of hydrogen-bond donors (Lipinski definition) is 0. The molecule has 0 unspecified atom stereocenters. The van der Waals surface area contributed by atoms with Crippen molar-refractivity contribution in [2.45, 2.75) is 41.0 Å². The molecule has 0 amide bonds. The highest BCUT2D eigenvalue weighted by molar-refractivity contribution is 6.00. The van der Waals surface area contributed by atoms with E-state index in [1.165, 1.54) is 0 Å². The Morgan fingerprint density at radius 2 is 1.71 bits per heavy atom. The Kier molecular flexibility index (Phi) is 3.97. The van der Waals surface area contributed by atoms with E-state index in [2.05, 4.69) is 0 Å². The van der Waals surface area contributed by atoms with Gasteiger partial charge in [0.2, 0.25) is 0 Å². The van der Waals surface area contributed by atoms with Crippen LogP contribution >= 0.6 is 0 Å². The number of aryl methyl sites for hydroxylation is 2. The van der Waals surface area contributed by atoms with Crippen LogP contribution in [0.3, 0.4) is 0 Å². The lowest BCUT2D eigenvalue weighted by atomic mass is 9.81. The molecule has 0 aliphatic carbocycles. The summed E-state index contributed by atoms with van der Waals surface area (Å²) in [6.07, 6.45) is 0.843. The molecule has 94 valence electrons. The van der Waals surface area contributed by atoms with Crippen molar-refractivity contribution in [3.63, 3.8) is 0 Å². The fourth-order valence-corrected chi connectivity index (χ4v) is 1.95. The van der Waals surface area contributed by atoms with E-state index in [0.29, 0.717) is 0 Å². The van der Waals surface area contributed by atoms with Crippen molar-refractivity contribution in [1.82, 2.24) is 0 Å². The molecule has 1 aromatic carbocycles. The number of Topliss-reactive ketones (excluding diaryl/α,β-unsaturated/α-hetero) is 1. The fourth-order valence-electron chi connectivity index (χ4n) is 1.95. The third kappa shape index (κ3) is 2.68. The minimum Gasteiger partial charge on any atom is -0.496 e. The highest BCUT2D eigenvalue weighted by atomic mass is 16.5. The molecular weight excluding hydrogens is 212 g/mol. The average molecular weight is 234 g/mol. The molecule has 2 nitrogen and oxygen atoms in total. The van der Waals surface area contributed by atoms with E-state index in [1.807, 2.05) is 46.8 Å². The zero-order chi connectivity index (χ0) is 13.2. The summed E-state index contributed by atoms with van der Waals surface area (Å²) in [5, 5.41) is 0. The third-order valence-electron chi connectivity index (χ3n) is 3.43. The van der Waals surface area contributed by atoms with Crippen LogP contribution in [0, 0.1) is 19.3 Å². The first-order valence-electron chi connectivity index (χ1n) is 6.03. The van der Waals surface area contributed by atoms with Crippen LogP contribution in [0.15, 0.2) is 12.1 Å². The normalized spacial score (nSPS) is 11.4. The molecule has 0 saturated heterocycles. The molecule has 0 bridgehead atoms. The monoisotopic (exact) mass is 234 g/mol. The standard InChI is InChI=1S/C15H22O2/c1-7-15(4,5)14(16)12-8-10(2)13(17-6)11(3)9-12/h8-9H,7H2,1-6H3. The van der Waals surface area contributed by atoms with Crippen molar-refractivity contribution >= 4 is 5.78 Å². The zero-order valence-electron chi connectivity index (χ0n) is 11.7. The van der Waals surface area contributed by atoms with Crippen LogP contribution in [0.25, 0.3) is 0 Å². The summed E-state index contributed by atoms with van der Waals surface area (Å²) in [4.78, 5) is 12.4. The molecule has 1 rings (SSSR count). The number of ether oxygens (including phenoxy) is 1. The van der Waals surface area contributed by atoms with Crippen LogP contribution in [0.4, 0.5) is 0 Å². The first-order valence-corrected chi connectivity index (χ1v) is 6.03. The minimum atomic E-state index is -0.298. The highest BCUT2D eigenvalue weighted by Crippen LogP contribution is 2.30. The maximum Gasteiger partial charge on any atom is 0.168 e. The van der Waals surface area contributed by atoms with Gasteiger partial charge in [0.1, 0.15) is 5.75 Å². The highest BCUT2D eigenvalue weighted by Gasteiger charge is 2.27. The molecule has 0 heterocycles. The van der Waals surface area contributed by atoms with E-state index in [-0.39, 0.29) is 11.2 Å². The maximum atomic E-state index is 12.4. The third-order valence-corrected chi connectivity index (χ3v) is 3.43. The van der Waals surface area contributed by atoms with E-state index in [0.717, 1.165) is 28.9 Å². The maximum absolute atomic E-state index is 12.4. The summed E-state index contributed by atoms with van der Waals surface area (Å²) < 4.78 is 5.31. The van der Waals surface area contributed by atoms with Gasteiger partial charge in [-0.05, 0) is 43.5 Å². The number of carbonyl (C=O) groups excluding carboxylic acids is 1. The topological polar surface area (TPSA) is 26.3 Å². The summed E-state index contributed by atoms with van der Waals surface area (Å²) in [6.45, 7) is 9.97. The van der Waals surface area contributed by atoms with Gasteiger partial charge in [0.25, 0.3) is 0 Å². The molecule has 0 atom stereocenters. The van der Waals surface area contributed by atoms with E-state index in [4.69, 9.17) is 4.74 Å². The van der Waals surface area contributed by atoms with E-state index in [1.54, 1.807) is 7.11 Å². The molecule has 0 saturated carbocycles. The Balaban J connectivity index is 3.22. The Morgan fingerprint density at radius 1 is 1.24 bits per heavy atom. The first kappa shape index (κ1) is 13.8. The first-order chi connectivity index (χ1) is 7.83. The molecule has 1 aromatic rings. The lowest BCUT2D eigenvalue weighted by molar-refractivity contribution is 0.0833. The van der Waals surface area contributed by atoms with Crippen LogP contribution in [0.5, 0.6) is 5.75 Å². The van der Waals surface area contributed by atoms with Gasteiger partial charge in [0.05, 0.1) is 7.11 Å². The summed E-state index contributed by atoms with van der Waals surface area (Å²) in [6, 6.07) is 3.84. The van der Waals surface area contributed by atoms with Crippen molar-refractivity contribution in [3.05, 3.63) is 28.8 Å². The minimum absolute atomic E-state index is 0.203. The van der Waals surface area contributed by atoms with Gasteiger partial charge < -0.3 is 4.74 Å². The average Bonchev–Trinajstić information content (AvgIpc) is 2.27. The number of ketones is 1. The lowest BCUT2D eigenvalue weighted by Gasteiger charge is -2.22. The quantitative estimate of drug-likeness (QED) is 0.738. The van der Waals surface area contributed by atoms with Gasteiger partial charge in [-0.1, -0.05) is 20.8 Å². The van der Waals surface area contributed by atoms with Gasteiger partial charge in [-0.3, -0.25) is 4.79 Å². The summed E-state index contributed by atoms with van der Waals surface area (Å²) >= 11 is 0. The van der Waals surface area contributed by atoms with E-state index < -0.39 is 0 Å². The van der Waals surface area contributed by atoms with Crippen molar-refractivity contribution in [2.24, 2.45) is 5.41 Å². The predicted molar refractivity (Wildman–Crippen MR) is 70.9 cm³/mol. The Bertz CT molecular complexity index is 408. The molecule has 2 heteroatoms. The molecule has 0 N–H and O–H groups in total. The van der Waals surface area contributed by atoms with Gasteiger partial charge >= 0.3 is 0 Å². The fraction of sp³-hybridized carbons (Fsp3) is 0.533. The molecule has 0 aromatic heterocycles. The van der Waals surface area contributed by atoms with Crippen LogP contribution in [-0.4, -0.2) is 12.9 Å². The molecule has 0 fully saturated rings. The van der Waals surface area contributed by atoms with Crippen molar-refractivity contribution < 1.29 is 9.53 Å². The van der Waals surface area contributed by atoms with Gasteiger partial charge in [0, 0.05) is 11.0 Å². The molecule has 0 aliphatic rings. The lowest BCUT2D eigenvalue weighted by Crippen LogP contribution is -2.23. The largest absolute Gasteiger partial charge is 0.496 e. The van der Waals surface area contributed by atoms with Gasteiger partial charge in [0.15, 0.2) is 5.78 Å². The van der Waals surface area contributed by atoms with Crippen LogP contribution in [0.1, 0.15) is 48.7 Å². The summed E-state index contributed by atoms with van der Waals surface area (Å²) in [5.41, 5.74) is 2.52. The predicted octanol–water partition coefficient (Wildman–Crippen LogP) is 3.93. The van der Waals surface area contributed by atoms with E-state index >= 15 is 0 Å². The second-order valence-electron chi connectivity index (χ2n) is 5.21. The number of hydrogen-bond acceptors (Lipinski definition) is 2. The van der Waals surface area contributed by atoms with E-state index in [9.17, 15) is 4.79 Å². The Morgan fingerprint density at radius 3 is 2.06 bits per heavy atom. The second-order valence-corrected chi connectivity index (χ2v) is 5.21. The number of carbonyl (C=O) groups is 1. The zero-order valence-corrected chi connectivity index (χ0v) is 11.7. The smallest absolute Gasteiger partial charge is 0.168 e. The Hall–Kier alpha value is -1.31. The van der Waals surface area contributed by atoms with Crippen molar-refractivity contribution in [1.29, 1.82) is 0 Å². The molecule has 0 aliphatic heterocycles. The van der Waals surface area contributed by atoms with Gasteiger partial charge in [-0.15, -0.1) is 0 Å². The summed E-state index contributed by atoms with van der Waals surface area (Å²) in [5.74, 6) is 1.07. The molecule has 0 radical (unpaired) electrons. The van der Waals surface area contributed by atoms with Crippen LogP contribution < -0.4 is 4.74 Å². The van der Waals surface area contributed by atoms with Crippen LogP contribution in [0.2, 0.25) is 0 Å². The number of methoxy groups -OCH3 is 1. The van der Waals surface area contributed by atoms with Gasteiger partial charge in [-0.25, -0.2) is 0 Å². The number of benzene rings is 1. The van der Waals surface area contributed by atoms with Crippen molar-refractivity contribution in [2.75, 3.05) is 7.11 Å². The molecular formula is C15H22O2. The number of rotatable bonds is 4. The second kappa shape index (κ2) is 4.91. The summed E-state index contributed by atoms with van der Waals surface area (Å²) in [7, 11) is 1.66. The Labute approximate surface area is 104 Å². The molecule has 17 heavy (non-hydrogen) atoms.